The quantitative estimate of drug-likeness (QED) is 0.441. The van der Waals surface area contributed by atoms with Gasteiger partial charge >= 0.3 is 0 Å². The number of carbonyl (C=O) groups excluding carboxylic acids is 1. The molecule has 4 rings (SSSR count). The van der Waals surface area contributed by atoms with Crippen molar-refractivity contribution in [3.63, 3.8) is 0 Å². The SMILES string of the molecule is CC(C)(N)C(=O)NCc1ccc2[nH]c(-c3cc4ccccc4[nH]c3=O)cc2c1. The molecule has 0 fully saturated rings. The maximum atomic E-state index is 12.5. The third kappa shape index (κ3) is 3.42. The van der Waals surface area contributed by atoms with Gasteiger partial charge in [0.05, 0.1) is 16.8 Å². The van der Waals surface area contributed by atoms with Crippen LogP contribution in [0.25, 0.3) is 33.1 Å². The number of nitrogens with one attached hydrogen (secondary N) is 3. The Morgan fingerprint density at radius 2 is 1.75 bits per heavy atom. The lowest BCUT2D eigenvalue weighted by atomic mass is 10.1. The largest absolute Gasteiger partial charge is 0.354 e. The molecule has 142 valence electrons. The summed E-state index contributed by atoms with van der Waals surface area (Å²) in [5.41, 5.74) is 8.81. The van der Waals surface area contributed by atoms with E-state index in [9.17, 15) is 9.59 Å². The Bertz CT molecular complexity index is 1240. The summed E-state index contributed by atoms with van der Waals surface area (Å²) in [5, 5.41) is 4.79. The molecule has 1 amide bonds. The summed E-state index contributed by atoms with van der Waals surface area (Å²) >= 11 is 0. The maximum Gasteiger partial charge on any atom is 0.257 e. The van der Waals surface area contributed by atoms with Crippen LogP contribution in [0, 0.1) is 0 Å². The Morgan fingerprint density at radius 3 is 2.54 bits per heavy atom. The Hall–Kier alpha value is -3.38. The highest BCUT2D eigenvalue weighted by atomic mass is 16.2. The number of aromatic amines is 2. The number of aromatic nitrogens is 2. The smallest absolute Gasteiger partial charge is 0.257 e. The Labute approximate surface area is 161 Å². The lowest BCUT2D eigenvalue weighted by Crippen LogP contribution is -2.48. The number of nitrogens with two attached hydrogens (primary N) is 1. The summed E-state index contributed by atoms with van der Waals surface area (Å²) in [7, 11) is 0. The fourth-order valence-corrected chi connectivity index (χ4v) is 3.19. The van der Waals surface area contributed by atoms with Crippen molar-refractivity contribution in [2.24, 2.45) is 5.73 Å². The van der Waals surface area contributed by atoms with Gasteiger partial charge in [0.25, 0.3) is 5.56 Å². The maximum absolute atomic E-state index is 12.5. The highest BCUT2D eigenvalue weighted by Gasteiger charge is 2.21. The molecule has 2 heterocycles. The van der Waals surface area contributed by atoms with E-state index in [4.69, 9.17) is 5.73 Å². The molecular weight excluding hydrogens is 352 g/mol. The molecule has 0 bridgehead atoms. The van der Waals surface area contributed by atoms with Crippen LogP contribution in [0.1, 0.15) is 19.4 Å². The van der Waals surface area contributed by atoms with E-state index in [2.05, 4.69) is 15.3 Å². The molecule has 0 aliphatic heterocycles. The normalized spacial score (nSPS) is 11.8. The minimum absolute atomic E-state index is 0.136. The van der Waals surface area contributed by atoms with Gasteiger partial charge in [0.15, 0.2) is 0 Å². The standard InChI is InChI=1S/C22H22N4O2/c1-22(2,23)21(28)24-12-13-7-8-18-15(9-13)11-19(25-18)16-10-14-5-3-4-6-17(14)26-20(16)27/h3-11,25H,12,23H2,1-2H3,(H,24,28)(H,26,27). The van der Waals surface area contributed by atoms with E-state index < -0.39 is 5.54 Å². The van der Waals surface area contributed by atoms with E-state index in [1.807, 2.05) is 54.6 Å². The fraction of sp³-hybridized carbons (Fsp3) is 0.182. The predicted molar refractivity (Wildman–Crippen MR) is 112 cm³/mol. The van der Waals surface area contributed by atoms with Gasteiger partial charge in [-0.3, -0.25) is 9.59 Å². The van der Waals surface area contributed by atoms with Crippen LogP contribution in [-0.2, 0) is 11.3 Å². The minimum atomic E-state index is -0.914. The van der Waals surface area contributed by atoms with Gasteiger partial charge in [-0.1, -0.05) is 24.3 Å². The van der Waals surface area contributed by atoms with E-state index in [-0.39, 0.29) is 11.5 Å². The fourth-order valence-electron chi connectivity index (χ4n) is 3.19. The summed E-state index contributed by atoms with van der Waals surface area (Å²) in [5.74, 6) is -0.204. The molecule has 0 saturated heterocycles. The topological polar surface area (TPSA) is 104 Å². The first-order chi connectivity index (χ1) is 13.3. The van der Waals surface area contributed by atoms with E-state index in [1.165, 1.54) is 0 Å². The first-order valence-electron chi connectivity index (χ1n) is 9.12. The number of amides is 1. The number of para-hydroxylation sites is 1. The molecule has 0 spiro atoms. The summed E-state index contributed by atoms with van der Waals surface area (Å²) in [6.45, 7) is 3.74. The molecule has 6 heteroatoms. The van der Waals surface area contributed by atoms with Crippen molar-refractivity contribution >= 4 is 27.7 Å². The van der Waals surface area contributed by atoms with Gasteiger partial charge in [0.2, 0.25) is 5.91 Å². The van der Waals surface area contributed by atoms with Gasteiger partial charge in [0.1, 0.15) is 0 Å². The van der Waals surface area contributed by atoms with Crippen LogP contribution in [-0.4, -0.2) is 21.4 Å². The molecule has 0 saturated carbocycles. The van der Waals surface area contributed by atoms with Crippen molar-refractivity contribution in [2.75, 3.05) is 0 Å². The Kier molecular flexibility index (Phi) is 4.28. The van der Waals surface area contributed by atoms with Crippen molar-refractivity contribution < 1.29 is 4.79 Å². The van der Waals surface area contributed by atoms with Crippen molar-refractivity contribution in [2.45, 2.75) is 25.9 Å². The molecular formula is C22H22N4O2. The zero-order chi connectivity index (χ0) is 19.9. The van der Waals surface area contributed by atoms with Gasteiger partial charge in [-0.05, 0) is 55.1 Å². The van der Waals surface area contributed by atoms with E-state index in [0.29, 0.717) is 12.1 Å². The third-order valence-electron chi connectivity index (χ3n) is 4.77. The number of hydrogen-bond donors (Lipinski definition) is 4. The van der Waals surface area contributed by atoms with Crippen LogP contribution in [0.4, 0.5) is 0 Å². The van der Waals surface area contributed by atoms with Crippen LogP contribution >= 0.6 is 0 Å². The van der Waals surface area contributed by atoms with Crippen LogP contribution in [0.3, 0.4) is 0 Å². The molecule has 0 unspecified atom stereocenters. The lowest BCUT2D eigenvalue weighted by Gasteiger charge is -2.17. The van der Waals surface area contributed by atoms with Crippen LogP contribution in [0.5, 0.6) is 0 Å². The molecule has 4 aromatic rings. The Morgan fingerprint density at radius 1 is 1.00 bits per heavy atom. The van der Waals surface area contributed by atoms with Crippen molar-refractivity contribution in [1.29, 1.82) is 0 Å². The number of pyridine rings is 1. The number of rotatable bonds is 4. The molecule has 2 aromatic heterocycles. The summed E-state index contributed by atoms with van der Waals surface area (Å²) in [6, 6.07) is 17.4. The van der Waals surface area contributed by atoms with Gasteiger partial charge in [-0.15, -0.1) is 0 Å². The first-order valence-corrected chi connectivity index (χ1v) is 9.12. The first kappa shape index (κ1) is 18.0. The number of H-pyrrole nitrogens is 2. The molecule has 2 aromatic carbocycles. The Balaban J connectivity index is 1.66. The molecule has 0 atom stereocenters. The lowest BCUT2D eigenvalue weighted by molar-refractivity contribution is -0.125. The second kappa shape index (κ2) is 6.65. The van der Waals surface area contributed by atoms with Gasteiger partial charge in [-0.25, -0.2) is 0 Å². The summed E-state index contributed by atoms with van der Waals surface area (Å²) in [6.07, 6.45) is 0. The number of benzene rings is 2. The monoisotopic (exact) mass is 374 g/mol. The predicted octanol–water partition coefficient (Wildman–Crippen LogP) is 3.03. The highest BCUT2D eigenvalue weighted by molar-refractivity contribution is 5.89. The number of hydrogen-bond acceptors (Lipinski definition) is 3. The van der Waals surface area contributed by atoms with Crippen LogP contribution < -0.4 is 16.6 Å². The second-order valence-electron chi connectivity index (χ2n) is 7.61. The average molecular weight is 374 g/mol. The van der Waals surface area contributed by atoms with Gasteiger partial charge in [-0.2, -0.15) is 0 Å². The number of carbonyl (C=O) groups is 1. The van der Waals surface area contributed by atoms with Crippen LogP contribution in [0.15, 0.2) is 59.4 Å². The number of fused-ring (bicyclic) bond motifs is 2. The average Bonchev–Trinajstić information content (AvgIpc) is 3.07. The molecule has 0 radical (unpaired) electrons. The van der Waals surface area contributed by atoms with E-state index in [0.717, 1.165) is 33.1 Å². The highest BCUT2D eigenvalue weighted by Crippen LogP contribution is 2.24. The summed E-state index contributed by atoms with van der Waals surface area (Å²) in [4.78, 5) is 30.7. The zero-order valence-corrected chi connectivity index (χ0v) is 15.8. The molecule has 0 aliphatic rings. The van der Waals surface area contributed by atoms with E-state index in [1.54, 1.807) is 13.8 Å². The minimum Gasteiger partial charge on any atom is -0.354 e. The second-order valence-corrected chi connectivity index (χ2v) is 7.61. The van der Waals surface area contributed by atoms with Gasteiger partial charge < -0.3 is 21.0 Å². The molecule has 28 heavy (non-hydrogen) atoms. The third-order valence-corrected chi connectivity index (χ3v) is 4.77. The molecule has 5 N–H and O–H groups in total. The molecule has 0 aliphatic carbocycles. The van der Waals surface area contributed by atoms with Crippen LogP contribution in [0.2, 0.25) is 0 Å². The molecule has 6 nitrogen and oxygen atoms in total. The zero-order valence-electron chi connectivity index (χ0n) is 15.8. The van der Waals surface area contributed by atoms with Gasteiger partial charge in [0, 0.05) is 23.0 Å². The van der Waals surface area contributed by atoms with Crippen molar-refractivity contribution in [3.05, 3.63) is 70.5 Å². The summed E-state index contributed by atoms with van der Waals surface area (Å²) < 4.78 is 0. The van der Waals surface area contributed by atoms with Crippen molar-refractivity contribution in [3.8, 4) is 11.3 Å². The van der Waals surface area contributed by atoms with Crippen molar-refractivity contribution in [1.82, 2.24) is 15.3 Å². The van der Waals surface area contributed by atoms with E-state index >= 15 is 0 Å².